The molecule has 3 aromatic rings. The van der Waals surface area contributed by atoms with Crippen molar-refractivity contribution in [1.29, 1.82) is 0 Å². The molecule has 0 unspecified atom stereocenters. The number of hydrogen-bond donors (Lipinski definition) is 4. The average molecular weight is 539 g/mol. The Hall–Kier alpha value is -3.05. The summed E-state index contributed by atoms with van der Waals surface area (Å²) in [6, 6.07) is 4.40. The molecule has 4 N–H and O–H groups in total. The molecule has 1 aliphatic rings. The minimum atomic E-state index is -5.05. The van der Waals surface area contributed by atoms with Gasteiger partial charge in [-0.2, -0.15) is 0 Å². The summed E-state index contributed by atoms with van der Waals surface area (Å²) < 4.78 is 69.2. The van der Waals surface area contributed by atoms with Crippen LogP contribution in [-0.4, -0.2) is 65.6 Å². The van der Waals surface area contributed by atoms with E-state index in [1.165, 1.54) is 12.1 Å². The summed E-state index contributed by atoms with van der Waals surface area (Å²) in [5.41, 5.74) is -2.36. The molecule has 1 aliphatic heterocycles. The zero-order valence-electron chi connectivity index (χ0n) is 17.7. The first-order chi connectivity index (χ1) is 16.7. The fourth-order valence-corrected chi connectivity index (χ4v) is 3.97. The molecule has 0 amide bonds. The number of nitrogens with zero attached hydrogens (tertiary/aromatic N) is 3. The van der Waals surface area contributed by atoms with Crippen molar-refractivity contribution in [1.82, 2.24) is 14.3 Å². The van der Waals surface area contributed by atoms with Crippen molar-refractivity contribution in [3.8, 4) is 5.75 Å². The number of fused-ring (bicyclic) bond motifs is 1. The predicted octanol–water partition coefficient (Wildman–Crippen LogP) is -0.173. The van der Waals surface area contributed by atoms with Crippen LogP contribution in [0.3, 0.4) is 0 Å². The summed E-state index contributed by atoms with van der Waals surface area (Å²) >= 11 is 0. The van der Waals surface area contributed by atoms with Gasteiger partial charge in [0.15, 0.2) is 11.8 Å². The molecule has 0 bridgehead atoms. The zero-order chi connectivity index (χ0) is 26.4. The number of aliphatic hydroxyl groups excluding tert-OH is 2. The minimum absolute atomic E-state index is 0.110. The van der Waals surface area contributed by atoms with Gasteiger partial charge in [-0.05, 0) is 12.1 Å². The Bertz CT molecular complexity index is 1430. The topological polar surface area (TPSA) is 196 Å². The fraction of sp³-hybridized carbons (Fsp3) is 0.389. The number of alkyl halides is 3. The molecule has 0 saturated carbocycles. The highest BCUT2D eigenvalue weighted by molar-refractivity contribution is 7.46. The van der Waals surface area contributed by atoms with Gasteiger partial charge in [0.25, 0.3) is 5.56 Å². The third-order valence-electron chi connectivity index (χ3n) is 5.18. The van der Waals surface area contributed by atoms with E-state index in [0.717, 1.165) is 18.3 Å². The Morgan fingerprint density at radius 2 is 1.86 bits per heavy atom. The van der Waals surface area contributed by atoms with Crippen molar-refractivity contribution in [2.24, 2.45) is 0 Å². The summed E-state index contributed by atoms with van der Waals surface area (Å²) in [6.45, 7) is -1.50. The second kappa shape index (κ2) is 9.44. The van der Waals surface area contributed by atoms with Gasteiger partial charge in [0.05, 0.1) is 18.5 Å². The number of aromatic nitrogens is 3. The van der Waals surface area contributed by atoms with Gasteiger partial charge in [-0.25, -0.2) is 9.36 Å². The van der Waals surface area contributed by atoms with E-state index in [1.54, 1.807) is 0 Å². The SMILES string of the molecule is O=c1ccn([C@@H]2O[C@H](COP(=O)(O)O)[C@H](O)[C@@H]2O)c(=O)n1Cc1noc2cccc(OC(F)(F)F)c12. The largest absolute Gasteiger partial charge is 0.573 e. The Labute approximate surface area is 196 Å². The Morgan fingerprint density at radius 1 is 1.14 bits per heavy atom. The molecule has 1 aromatic carbocycles. The van der Waals surface area contributed by atoms with Crippen LogP contribution >= 0.6 is 7.82 Å². The Kier molecular flexibility index (Phi) is 6.82. The minimum Gasteiger partial charge on any atom is -0.405 e. The lowest BCUT2D eigenvalue weighted by Gasteiger charge is -2.18. The maximum atomic E-state index is 13.1. The van der Waals surface area contributed by atoms with Crippen molar-refractivity contribution >= 4 is 18.8 Å². The van der Waals surface area contributed by atoms with Gasteiger partial charge in [0, 0.05) is 12.3 Å². The average Bonchev–Trinajstić information content (AvgIpc) is 3.30. The standard InChI is InChI=1S/C18H17F3N3O11P/c19-18(20,21)34-9-2-1-3-10-13(9)8(22-35-10)6-24-12(25)4-5-23(17(24)28)16-15(27)14(26)11(33-16)7-32-36(29,30)31/h1-5,11,14-16,26-27H,6-7H2,(H2,29,30,31)/t11-,14+,15+,16-/m1/s1. The summed E-state index contributed by atoms with van der Waals surface area (Å²) in [7, 11) is -4.93. The zero-order valence-corrected chi connectivity index (χ0v) is 18.6. The molecule has 36 heavy (non-hydrogen) atoms. The smallest absolute Gasteiger partial charge is 0.405 e. The molecule has 0 spiro atoms. The van der Waals surface area contributed by atoms with Gasteiger partial charge in [0.2, 0.25) is 0 Å². The normalized spacial score (nSPS) is 22.9. The Morgan fingerprint density at radius 3 is 2.53 bits per heavy atom. The lowest BCUT2D eigenvalue weighted by atomic mass is 10.1. The molecule has 1 saturated heterocycles. The van der Waals surface area contributed by atoms with Crippen LogP contribution < -0.4 is 16.0 Å². The van der Waals surface area contributed by atoms with E-state index in [-0.39, 0.29) is 16.7 Å². The lowest BCUT2D eigenvalue weighted by Crippen LogP contribution is -2.43. The van der Waals surface area contributed by atoms with Crippen molar-refractivity contribution in [2.75, 3.05) is 6.61 Å². The maximum Gasteiger partial charge on any atom is 0.573 e. The van der Waals surface area contributed by atoms with Crippen LogP contribution in [0.15, 0.2) is 44.6 Å². The lowest BCUT2D eigenvalue weighted by molar-refractivity contribution is -0.274. The molecular weight excluding hydrogens is 522 g/mol. The molecule has 0 radical (unpaired) electrons. The molecule has 1 fully saturated rings. The van der Waals surface area contributed by atoms with Gasteiger partial charge in [0.1, 0.15) is 29.8 Å². The van der Waals surface area contributed by atoms with Crippen LogP contribution in [-0.2, 0) is 20.4 Å². The van der Waals surface area contributed by atoms with Crippen molar-refractivity contribution in [3.63, 3.8) is 0 Å². The van der Waals surface area contributed by atoms with E-state index in [1.807, 2.05) is 0 Å². The molecular formula is C18H17F3N3O11P. The van der Waals surface area contributed by atoms with Crippen LogP contribution in [0.4, 0.5) is 13.2 Å². The number of phosphoric ester groups is 1. The summed E-state index contributed by atoms with van der Waals surface area (Å²) in [6.07, 6.45) is -10.7. The number of halogens is 3. The van der Waals surface area contributed by atoms with Gasteiger partial charge in [-0.3, -0.25) is 18.5 Å². The van der Waals surface area contributed by atoms with Gasteiger partial charge in [-0.1, -0.05) is 11.2 Å². The Balaban J connectivity index is 1.67. The quantitative estimate of drug-likeness (QED) is 0.290. The number of phosphoric acid groups is 1. The van der Waals surface area contributed by atoms with Gasteiger partial charge >= 0.3 is 19.9 Å². The molecule has 4 atom stereocenters. The van der Waals surface area contributed by atoms with Crippen LogP contribution in [0.25, 0.3) is 11.0 Å². The van der Waals surface area contributed by atoms with Gasteiger partial charge in [-0.15, -0.1) is 13.2 Å². The molecule has 3 heterocycles. The van der Waals surface area contributed by atoms with Crippen LogP contribution in [0, 0.1) is 0 Å². The molecule has 18 heteroatoms. The number of hydrogen-bond acceptors (Lipinski definition) is 10. The van der Waals surface area contributed by atoms with Gasteiger partial charge < -0.3 is 34.0 Å². The maximum absolute atomic E-state index is 13.1. The van der Waals surface area contributed by atoms with Crippen molar-refractivity contribution in [3.05, 3.63) is 57.0 Å². The summed E-state index contributed by atoms with van der Waals surface area (Å²) in [5.74, 6) is -0.675. The molecule has 14 nitrogen and oxygen atoms in total. The highest BCUT2D eigenvalue weighted by Gasteiger charge is 2.45. The van der Waals surface area contributed by atoms with E-state index in [2.05, 4.69) is 14.4 Å². The predicted molar refractivity (Wildman–Crippen MR) is 109 cm³/mol. The van der Waals surface area contributed by atoms with E-state index < -0.39 is 68.9 Å². The van der Waals surface area contributed by atoms with Crippen LogP contribution in [0.1, 0.15) is 11.9 Å². The summed E-state index contributed by atoms with van der Waals surface area (Å²) in [4.78, 5) is 43.1. The summed E-state index contributed by atoms with van der Waals surface area (Å²) in [5, 5.41) is 23.8. The van der Waals surface area contributed by atoms with E-state index in [9.17, 15) is 37.5 Å². The number of benzene rings is 1. The first-order valence-corrected chi connectivity index (χ1v) is 11.4. The molecule has 0 aliphatic carbocycles. The fourth-order valence-electron chi connectivity index (χ4n) is 3.63. The number of ether oxygens (including phenoxy) is 2. The highest BCUT2D eigenvalue weighted by Crippen LogP contribution is 2.38. The third-order valence-corrected chi connectivity index (χ3v) is 5.66. The second-order valence-electron chi connectivity index (χ2n) is 7.57. The van der Waals surface area contributed by atoms with E-state index >= 15 is 0 Å². The molecule has 196 valence electrons. The first-order valence-electron chi connectivity index (χ1n) is 9.92. The van der Waals surface area contributed by atoms with Crippen LogP contribution in [0.5, 0.6) is 5.75 Å². The van der Waals surface area contributed by atoms with E-state index in [0.29, 0.717) is 9.13 Å². The van der Waals surface area contributed by atoms with E-state index in [4.69, 9.17) is 19.0 Å². The monoisotopic (exact) mass is 539 g/mol. The molecule has 4 rings (SSSR count). The highest BCUT2D eigenvalue weighted by atomic mass is 31.2. The number of rotatable bonds is 7. The molecule has 2 aromatic heterocycles. The number of aliphatic hydroxyl groups is 2. The van der Waals surface area contributed by atoms with Crippen molar-refractivity contribution < 1.29 is 56.3 Å². The second-order valence-corrected chi connectivity index (χ2v) is 8.81. The van der Waals surface area contributed by atoms with Crippen molar-refractivity contribution in [2.45, 2.75) is 37.4 Å². The van der Waals surface area contributed by atoms with Crippen LogP contribution in [0.2, 0.25) is 0 Å². The first kappa shape index (κ1) is 26.0. The third kappa shape index (κ3) is 5.36.